The topological polar surface area (TPSA) is 37.3 Å². The van der Waals surface area contributed by atoms with E-state index in [-0.39, 0.29) is 5.56 Å². The highest BCUT2D eigenvalue weighted by Gasteiger charge is 2.13. The molecule has 0 saturated carbocycles. The van der Waals surface area contributed by atoms with E-state index in [0.717, 1.165) is 6.08 Å². The Kier molecular flexibility index (Phi) is 3.89. The van der Waals surface area contributed by atoms with E-state index in [2.05, 4.69) is 0 Å². The molecular weight excluding hydrogens is 269 g/mol. The molecule has 2 nitrogen and oxygen atoms in total. The molecule has 0 radical (unpaired) electrons. The van der Waals surface area contributed by atoms with Gasteiger partial charge in [-0.2, -0.15) is 0 Å². The Morgan fingerprint density at radius 2 is 1.65 bits per heavy atom. The summed E-state index contributed by atoms with van der Waals surface area (Å²) < 4.78 is 39.2. The van der Waals surface area contributed by atoms with Gasteiger partial charge in [-0.15, -0.1) is 0 Å². The minimum absolute atomic E-state index is 0.169. The molecule has 20 heavy (non-hydrogen) atoms. The molecule has 0 aliphatic rings. The summed E-state index contributed by atoms with van der Waals surface area (Å²) in [4.78, 5) is 11.8. The number of ketones is 1. The van der Waals surface area contributed by atoms with Crippen LogP contribution in [0.2, 0.25) is 0 Å². The lowest BCUT2D eigenvalue weighted by Crippen LogP contribution is -1.98. The second kappa shape index (κ2) is 5.61. The van der Waals surface area contributed by atoms with Crippen molar-refractivity contribution in [2.45, 2.75) is 0 Å². The third kappa shape index (κ3) is 2.88. The van der Waals surface area contributed by atoms with Gasteiger partial charge in [0.1, 0.15) is 11.6 Å². The Bertz CT molecular complexity index is 694. The molecule has 0 spiro atoms. The van der Waals surface area contributed by atoms with Crippen molar-refractivity contribution in [2.24, 2.45) is 0 Å². The van der Waals surface area contributed by atoms with Gasteiger partial charge >= 0.3 is 0 Å². The molecule has 0 saturated heterocycles. The standard InChI is InChI=1S/C15H9F3O2/c16-11-4-2-1-3-9(11)5-6-14(19)10-7-12(17)13(18)8-15(10)20/h1-8,20H. The van der Waals surface area contributed by atoms with Gasteiger partial charge in [0.2, 0.25) is 0 Å². The number of halogens is 3. The Morgan fingerprint density at radius 1 is 1.00 bits per heavy atom. The molecule has 0 unspecified atom stereocenters. The van der Waals surface area contributed by atoms with Gasteiger partial charge in [0.25, 0.3) is 0 Å². The van der Waals surface area contributed by atoms with E-state index in [1.165, 1.54) is 24.3 Å². The number of phenolic OH excluding ortho intramolecular Hbond substituents is 1. The van der Waals surface area contributed by atoms with E-state index in [1.54, 1.807) is 6.07 Å². The number of benzene rings is 2. The summed E-state index contributed by atoms with van der Waals surface area (Å²) in [6.07, 6.45) is 2.17. The second-order valence-electron chi connectivity index (χ2n) is 4.00. The zero-order valence-corrected chi connectivity index (χ0v) is 10.1. The molecule has 0 aromatic heterocycles. The number of aromatic hydroxyl groups is 1. The largest absolute Gasteiger partial charge is 0.507 e. The highest BCUT2D eigenvalue weighted by Crippen LogP contribution is 2.22. The van der Waals surface area contributed by atoms with Crippen molar-refractivity contribution in [3.63, 3.8) is 0 Å². The van der Waals surface area contributed by atoms with Crippen molar-refractivity contribution < 1.29 is 23.1 Å². The average Bonchev–Trinajstić information content (AvgIpc) is 2.41. The summed E-state index contributed by atoms with van der Waals surface area (Å²) in [6, 6.07) is 6.86. The molecule has 0 atom stereocenters. The van der Waals surface area contributed by atoms with Crippen molar-refractivity contribution >= 4 is 11.9 Å². The molecule has 0 fully saturated rings. The van der Waals surface area contributed by atoms with E-state index in [1.807, 2.05) is 0 Å². The number of allylic oxidation sites excluding steroid dienone is 1. The fraction of sp³-hybridized carbons (Fsp3) is 0. The van der Waals surface area contributed by atoms with E-state index in [0.29, 0.717) is 12.1 Å². The number of phenols is 1. The number of carbonyl (C=O) groups is 1. The van der Waals surface area contributed by atoms with Crippen molar-refractivity contribution in [1.82, 2.24) is 0 Å². The quantitative estimate of drug-likeness (QED) is 0.686. The van der Waals surface area contributed by atoms with Crippen LogP contribution in [0.25, 0.3) is 6.08 Å². The van der Waals surface area contributed by atoms with E-state index < -0.39 is 34.5 Å². The summed E-state index contributed by atoms with van der Waals surface area (Å²) in [7, 11) is 0. The zero-order chi connectivity index (χ0) is 14.7. The van der Waals surface area contributed by atoms with Crippen LogP contribution in [0.1, 0.15) is 15.9 Å². The number of hydrogen-bond acceptors (Lipinski definition) is 2. The maximum absolute atomic E-state index is 13.3. The first-order valence-electron chi connectivity index (χ1n) is 5.64. The summed E-state index contributed by atoms with van der Waals surface area (Å²) in [5.41, 5.74) is -0.223. The van der Waals surface area contributed by atoms with E-state index >= 15 is 0 Å². The Labute approximate surface area is 112 Å². The van der Waals surface area contributed by atoms with Crippen molar-refractivity contribution in [1.29, 1.82) is 0 Å². The summed E-state index contributed by atoms with van der Waals surface area (Å²) in [5, 5.41) is 9.40. The van der Waals surface area contributed by atoms with Gasteiger partial charge in [-0.25, -0.2) is 13.2 Å². The minimum atomic E-state index is -1.25. The highest BCUT2D eigenvalue weighted by molar-refractivity contribution is 6.08. The molecule has 102 valence electrons. The molecule has 0 amide bonds. The van der Waals surface area contributed by atoms with E-state index in [4.69, 9.17) is 0 Å². The molecule has 1 N–H and O–H groups in total. The fourth-order valence-electron chi connectivity index (χ4n) is 1.60. The Balaban J connectivity index is 2.29. The van der Waals surface area contributed by atoms with Crippen LogP contribution in [0.3, 0.4) is 0 Å². The molecule has 2 rings (SSSR count). The van der Waals surface area contributed by atoms with Gasteiger partial charge in [-0.1, -0.05) is 18.2 Å². The first-order chi connectivity index (χ1) is 9.49. The molecule has 0 heterocycles. The maximum Gasteiger partial charge on any atom is 0.189 e. The van der Waals surface area contributed by atoms with Crippen LogP contribution in [-0.4, -0.2) is 10.9 Å². The molecule has 2 aromatic carbocycles. The zero-order valence-electron chi connectivity index (χ0n) is 10.1. The minimum Gasteiger partial charge on any atom is -0.507 e. The van der Waals surface area contributed by atoms with Gasteiger partial charge in [0, 0.05) is 11.6 Å². The Morgan fingerprint density at radius 3 is 2.35 bits per heavy atom. The van der Waals surface area contributed by atoms with Crippen molar-refractivity contribution in [2.75, 3.05) is 0 Å². The normalized spacial score (nSPS) is 10.9. The SMILES string of the molecule is O=C(C=Cc1ccccc1F)c1cc(F)c(F)cc1O. The lowest BCUT2D eigenvalue weighted by atomic mass is 10.1. The van der Waals surface area contributed by atoms with Gasteiger partial charge in [-0.3, -0.25) is 4.79 Å². The summed E-state index contributed by atoms with van der Waals surface area (Å²) in [6.45, 7) is 0. The van der Waals surface area contributed by atoms with Crippen LogP contribution in [-0.2, 0) is 0 Å². The third-order valence-electron chi connectivity index (χ3n) is 2.62. The number of carbonyl (C=O) groups excluding carboxylic acids is 1. The number of rotatable bonds is 3. The predicted octanol–water partition coefficient (Wildman–Crippen LogP) is 3.71. The molecule has 5 heteroatoms. The summed E-state index contributed by atoms with van der Waals surface area (Å²) >= 11 is 0. The molecule has 0 aliphatic carbocycles. The highest BCUT2D eigenvalue weighted by atomic mass is 19.2. The second-order valence-corrected chi connectivity index (χ2v) is 4.00. The molecule has 2 aromatic rings. The van der Waals surface area contributed by atoms with Crippen LogP contribution >= 0.6 is 0 Å². The summed E-state index contributed by atoms with van der Waals surface area (Å²) in [5.74, 6) is -4.45. The van der Waals surface area contributed by atoms with Gasteiger partial charge in [0.05, 0.1) is 5.56 Å². The molecule has 0 aliphatic heterocycles. The van der Waals surface area contributed by atoms with Gasteiger partial charge in [0.15, 0.2) is 17.4 Å². The molecular formula is C15H9F3O2. The Hall–Kier alpha value is -2.56. The monoisotopic (exact) mass is 278 g/mol. The predicted molar refractivity (Wildman–Crippen MR) is 67.8 cm³/mol. The van der Waals surface area contributed by atoms with Crippen LogP contribution < -0.4 is 0 Å². The third-order valence-corrected chi connectivity index (χ3v) is 2.62. The van der Waals surface area contributed by atoms with Crippen LogP contribution in [0, 0.1) is 17.5 Å². The first kappa shape index (κ1) is 13.9. The lowest BCUT2D eigenvalue weighted by Gasteiger charge is -2.02. The maximum atomic E-state index is 13.3. The van der Waals surface area contributed by atoms with Crippen LogP contribution in [0.15, 0.2) is 42.5 Å². The van der Waals surface area contributed by atoms with Gasteiger partial charge < -0.3 is 5.11 Å². The van der Waals surface area contributed by atoms with Crippen LogP contribution in [0.5, 0.6) is 5.75 Å². The smallest absolute Gasteiger partial charge is 0.189 e. The lowest BCUT2D eigenvalue weighted by molar-refractivity contribution is 0.104. The average molecular weight is 278 g/mol. The fourth-order valence-corrected chi connectivity index (χ4v) is 1.60. The van der Waals surface area contributed by atoms with Crippen LogP contribution in [0.4, 0.5) is 13.2 Å². The van der Waals surface area contributed by atoms with Crippen molar-refractivity contribution in [3.05, 3.63) is 71.1 Å². The van der Waals surface area contributed by atoms with Gasteiger partial charge in [-0.05, 0) is 24.3 Å². The van der Waals surface area contributed by atoms with E-state index in [9.17, 15) is 23.1 Å². The number of hydrogen-bond donors (Lipinski definition) is 1. The molecule has 0 bridgehead atoms. The first-order valence-corrected chi connectivity index (χ1v) is 5.64. The van der Waals surface area contributed by atoms with Crippen molar-refractivity contribution in [3.8, 4) is 5.75 Å².